The highest BCUT2D eigenvalue weighted by atomic mass is 35.5. The number of amides is 1. The minimum absolute atomic E-state index is 0.227. The summed E-state index contributed by atoms with van der Waals surface area (Å²) in [6.07, 6.45) is 6.15. The van der Waals surface area contributed by atoms with Crippen molar-refractivity contribution in [2.24, 2.45) is 11.3 Å². The first-order valence-corrected chi connectivity index (χ1v) is 7.40. The van der Waals surface area contributed by atoms with Crippen molar-refractivity contribution in [1.82, 2.24) is 4.90 Å². The topological polar surface area (TPSA) is 20.3 Å². The van der Waals surface area contributed by atoms with E-state index in [0.717, 1.165) is 31.8 Å². The van der Waals surface area contributed by atoms with Gasteiger partial charge in [0.15, 0.2) is 0 Å². The maximum absolute atomic E-state index is 12.3. The molecule has 1 amide bonds. The van der Waals surface area contributed by atoms with Crippen LogP contribution in [0.1, 0.15) is 52.9 Å². The van der Waals surface area contributed by atoms with Crippen LogP contribution < -0.4 is 0 Å². The number of carbonyl (C=O) groups is 1. The molecular weight excluding hydrogens is 234 g/mol. The van der Waals surface area contributed by atoms with Gasteiger partial charge >= 0.3 is 0 Å². The minimum atomic E-state index is -0.411. The number of halogens is 1. The molecule has 1 aliphatic rings. The van der Waals surface area contributed by atoms with E-state index in [4.69, 9.17) is 11.6 Å². The summed E-state index contributed by atoms with van der Waals surface area (Å²) < 4.78 is 0. The van der Waals surface area contributed by atoms with Gasteiger partial charge in [-0.05, 0) is 39.0 Å². The van der Waals surface area contributed by atoms with Crippen molar-refractivity contribution >= 4 is 17.5 Å². The van der Waals surface area contributed by atoms with Gasteiger partial charge in [0.05, 0.1) is 5.41 Å². The Labute approximate surface area is 111 Å². The first kappa shape index (κ1) is 14.8. The molecule has 0 bridgehead atoms. The number of nitrogens with zero attached hydrogens (tertiary/aromatic N) is 1. The Morgan fingerprint density at radius 1 is 1.35 bits per heavy atom. The van der Waals surface area contributed by atoms with Gasteiger partial charge in [-0.1, -0.05) is 19.8 Å². The molecular formula is C14H26ClNO. The molecule has 0 aromatic heterocycles. The van der Waals surface area contributed by atoms with Crippen LogP contribution in [-0.4, -0.2) is 29.8 Å². The summed E-state index contributed by atoms with van der Waals surface area (Å²) in [5, 5.41) is 0. The zero-order valence-electron chi connectivity index (χ0n) is 11.5. The lowest BCUT2D eigenvalue weighted by Gasteiger charge is -2.29. The van der Waals surface area contributed by atoms with Gasteiger partial charge in [0.2, 0.25) is 5.91 Å². The fraction of sp³-hybridized carbons (Fsp3) is 0.929. The Kier molecular flexibility index (Phi) is 5.78. The fourth-order valence-electron chi connectivity index (χ4n) is 2.55. The van der Waals surface area contributed by atoms with Crippen LogP contribution in [0.3, 0.4) is 0 Å². The van der Waals surface area contributed by atoms with E-state index >= 15 is 0 Å². The van der Waals surface area contributed by atoms with Gasteiger partial charge in [0.1, 0.15) is 0 Å². The van der Waals surface area contributed by atoms with Crippen molar-refractivity contribution in [1.29, 1.82) is 0 Å². The molecule has 2 nitrogen and oxygen atoms in total. The van der Waals surface area contributed by atoms with Crippen LogP contribution in [0.2, 0.25) is 0 Å². The lowest BCUT2D eigenvalue weighted by Crippen LogP contribution is -2.42. The Bertz CT molecular complexity index is 253. The predicted octanol–water partition coefficient (Wildman–Crippen LogP) is 3.68. The summed E-state index contributed by atoms with van der Waals surface area (Å²) in [4.78, 5) is 14.3. The number of likely N-dealkylation sites (tertiary alicyclic amines) is 1. The van der Waals surface area contributed by atoms with E-state index in [1.165, 1.54) is 19.3 Å². The quantitative estimate of drug-likeness (QED) is 0.706. The van der Waals surface area contributed by atoms with E-state index in [1.54, 1.807) is 0 Å². The average molecular weight is 260 g/mol. The highest BCUT2D eigenvalue weighted by Gasteiger charge is 2.32. The molecule has 1 rings (SSSR count). The first-order valence-electron chi connectivity index (χ1n) is 6.86. The third kappa shape index (κ3) is 4.17. The van der Waals surface area contributed by atoms with Crippen molar-refractivity contribution < 1.29 is 4.79 Å². The average Bonchev–Trinajstić information content (AvgIpc) is 2.54. The van der Waals surface area contributed by atoms with Crippen LogP contribution in [0.4, 0.5) is 0 Å². The number of alkyl halides is 1. The second-order valence-electron chi connectivity index (χ2n) is 5.90. The lowest BCUT2D eigenvalue weighted by atomic mass is 9.94. The molecule has 0 radical (unpaired) electrons. The van der Waals surface area contributed by atoms with Crippen molar-refractivity contribution in [2.45, 2.75) is 52.9 Å². The maximum Gasteiger partial charge on any atom is 0.229 e. The summed E-state index contributed by atoms with van der Waals surface area (Å²) in [6, 6.07) is 0. The zero-order valence-corrected chi connectivity index (χ0v) is 12.2. The van der Waals surface area contributed by atoms with E-state index in [-0.39, 0.29) is 5.91 Å². The summed E-state index contributed by atoms with van der Waals surface area (Å²) in [7, 11) is 0. The molecule has 0 N–H and O–H groups in total. The molecule has 0 aliphatic carbocycles. The molecule has 0 aromatic carbocycles. The van der Waals surface area contributed by atoms with Crippen LogP contribution >= 0.6 is 11.6 Å². The summed E-state index contributed by atoms with van der Waals surface area (Å²) in [5.41, 5.74) is -0.411. The van der Waals surface area contributed by atoms with Gasteiger partial charge in [0, 0.05) is 19.0 Å². The predicted molar refractivity (Wildman–Crippen MR) is 73.3 cm³/mol. The molecule has 1 fully saturated rings. The van der Waals surface area contributed by atoms with Crippen molar-refractivity contribution in [3.63, 3.8) is 0 Å². The van der Waals surface area contributed by atoms with Gasteiger partial charge < -0.3 is 4.90 Å². The van der Waals surface area contributed by atoms with Crippen molar-refractivity contribution in [3.8, 4) is 0 Å². The largest absolute Gasteiger partial charge is 0.342 e. The number of hydrogen-bond donors (Lipinski definition) is 0. The SMILES string of the molecule is CCCC1CCCN(C(=O)C(C)(C)CCl)CC1. The molecule has 1 atom stereocenters. The van der Waals surface area contributed by atoms with Crippen LogP contribution in [0.5, 0.6) is 0 Å². The second kappa shape index (κ2) is 6.63. The van der Waals surface area contributed by atoms with Crippen LogP contribution in [-0.2, 0) is 4.79 Å². The van der Waals surface area contributed by atoms with Gasteiger partial charge in [-0.25, -0.2) is 0 Å². The summed E-state index contributed by atoms with van der Waals surface area (Å²) in [6.45, 7) is 7.96. The van der Waals surface area contributed by atoms with Gasteiger partial charge in [0.25, 0.3) is 0 Å². The lowest BCUT2D eigenvalue weighted by molar-refractivity contribution is -0.139. The molecule has 17 heavy (non-hydrogen) atoms. The molecule has 0 saturated carbocycles. The van der Waals surface area contributed by atoms with E-state index < -0.39 is 5.41 Å². The van der Waals surface area contributed by atoms with Gasteiger partial charge in [-0.3, -0.25) is 4.79 Å². The maximum atomic E-state index is 12.3. The highest BCUT2D eigenvalue weighted by Crippen LogP contribution is 2.26. The molecule has 1 unspecified atom stereocenters. The summed E-state index contributed by atoms with van der Waals surface area (Å²) >= 11 is 5.88. The molecule has 3 heteroatoms. The van der Waals surface area contributed by atoms with E-state index in [0.29, 0.717) is 5.88 Å². The van der Waals surface area contributed by atoms with Crippen molar-refractivity contribution in [3.05, 3.63) is 0 Å². The van der Waals surface area contributed by atoms with E-state index in [1.807, 2.05) is 18.7 Å². The van der Waals surface area contributed by atoms with Crippen LogP contribution in [0.15, 0.2) is 0 Å². The molecule has 1 heterocycles. The molecule has 0 aromatic rings. The number of carbonyl (C=O) groups excluding carboxylic acids is 1. The Morgan fingerprint density at radius 2 is 2.06 bits per heavy atom. The fourth-order valence-corrected chi connectivity index (χ4v) is 2.66. The second-order valence-corrected chi connectivity index (χ2v) is 6.16. The van der Waals surface area contributed by atoms with Gasteiger partial charge in [-0.15, -0.1) is 11.6 Å². The standard InChI is InChI=1S/C14H26ClNO/c1-4-6-12-7-5-9-16(10-8-12)13(17)14(2,3)11-15/h12H,4-11H2,1-3H3. The zero-order chi connectivity index (χ0) is 12.9. The first-order chi connectivity index (χ1) is 8.01. The highest BCUT2D eigenvalue weighted by molar-refractivity contribution is 6.19. The molecule has 1 aliphatic heterocycles. The number of rotatable bonds is 4. The summed E-state index contributed by atoms with van der Waals surface area (Å²) in [5.74, 6) is 1.45. The Balaban J connectivity index is 2.54. The van der Waals surface area contributed by atoms with Crippen LogP contribution in [0.25, 0.3) is 0 Å². The minimum Gasteiger partial charge on any atom is -0.342 e. The van der Waals surface area contributed by atoms with Crippen molar-refractivity contribution in [2.75, 3.05) is 19.0 Å². The smallest absolute Gasteiger partial charge is 0.229 e. The van der Waals surface area contributed by atoms with E-state index in [2.05, 4.69) is 6.92 Å². The monoisotopic (exact) mass is 259 g/mol. The molecule has 100 valence electrons. The third-order valence-corrected chi connectivity index (χ3v) is 4.41. The normalized spacial score (nSPS) is 22.4. The molecule has 0 spiro atoms. The van der Waals surface area contributed by atoms with E-state index in [9.17, 15) is 4.79 Å². The Hall–Kier alpha value is -0.240. The number of hydrogen-bond acceptors (Lipinski definition) is 1. The molecule has 1 saturated heterocycles. The third-order valence-electron chi connectivity index (χ3n) is 3.74. The Morgan fingerprint density at radius 3 is 2.65 bits per heavy atom. The van der Waals surface area contributed by atoms with Gasteiger partial charge in [-0.2, -0.15) is 0 Å². The van der Waals surface area contributed by atoms with Crippen LogP contribution in [0, 0.1) is 11.3 Å².